The average molecular weight is 365 g/mol. The molecule has 0 spiro atoms. The maximum atomic E-state index is 12.7. The van der Waals surface area contributed by atoms with Gasteiger partial charge < -0.3 is 10.1 Å². The monoisotopic (exact) mass is 365 g/mol. The van der Waals surface area contributed by atoms with E-state index < -0.39 is 29.7 Å². The number of benzene rings is 2. The molecule has 7 heteroatoms. The van der Waals surface area contributed by atoms with Gasteiger partial charge in [0.25, 0.3) is 0 Å². The highest BCUT2D eigenvalue weighted by Gasteiger charge is 2.30. The Kier molecular flexibility index (Phi) is 6.38. The van der Waals surface area contributed by atoms with Crippen LogP contribution in [0.3, 0.4) is 0 Å². The molecule has 0 fully saturated rings. The van der Waals surface area contributed by atoms with Gasteiger partial charge >= 0.3 is 12.1 Å². The topological polar surface area (TPSA) is 55.4 Å². The van der Waals surface area contributed by atoms with E-state index >= 15 is 0 Å². The predicted octanol–water partition coefficient (Wildman–Crippen LogP) is 3.15. The SMILES string of the molecule is COC(=O)[C@H](Cc1ccccc1)NC(=O)Cc1cccc(C(F)(F)F)c1. The molecule has 0 unspecified atom stereocenters. The zero-order valence-electron chi connectivity index (χ0n) is 14.0. The smallest absolute Gasteiger partial charge is 0.416 e. The fourth-order valence-electron chi connectivity index (χ4n) is 2.47. The second-order valence-corrected chi connectivity index (χ2v) is 5.71. The minimum Gasteiger partial charge on any atom is -0.467 e. The summed E-state index contributed by atoms with van der Waals surface area (Å²) in [7, 11) is 1.21. The van der Waals surface area contributed by atoms with Crippen LogP contribution in [-0.2, 0) is 33.3 Å². The van der Waals surface area contributed by atoms with Crippen molar-refractivity contribution in [1.29, 1.82) is 0 Å². The van der Waals surface area contributed by atoms with E-state index in [-0.39, 0.29) is 18.4 Å². The number of alkyl halides is 3. The van der Waals surface area contributed by atoms with Gasteiger partial charge in [0.1, 0.15) is 6.04 Å². The highest BCUT2D eigenvalue weighted by Crippen LogP contribution is 2.29. The van der Waals surface area contributed by atoms with E-state index in [1.807, 2.05) is 6.07 Å². The molecular weight excluding hydrogens is 347 g/mol. The summed E-state index contributed by atoms with van der Waals surface area (Å²) in [6.07, 6.45) is -4.53. The number of carbonyl (C=O) groups is 2. The molecule has 0 radical (unpaired) electrons. The van der Waals surface area contributed by atoms with Gasteiger partial charge in [-0.05, 0) is 17.2 Å². The van der Waals surface area contributed by atoms with Gasteiger partial charge in [0.05, 0.1) is 19.1 Å². The normalized spacial score (nSPS) is 12.3. The number of methoxy groups -OCH3 is 1. The van der Waals surface area contributed by atoms with Crippen LogP contribution < -0.4 is 5.32 Å². The summed E-state index contributed by atoms with van der Waals surface area (Å²) in [4.78, 5) is 24.1. The average Bonchev–Trinajstić information content (AvgIpc) is 2.61. The number of halogens is 3. The van der Waals surface area contributed by atoms with Crippen LogP contribution in [0, 0.1) is 0 Å². The lowest BCUT2D eigenvalue weighted by molar-refractivity contribution is -0.145. The van der Waals surface area contributed by atoms with Crippen molar-refractivity contribution < 1.29 is 27.5 Å². The van der Waals surface area contributed by atoms with E-state index in [1.54, 1.807) is 24.3 Å². The van der Waals surface area contributed by atoms with Gasteiger partial charge in [-0.1, -0.05) is 48.5 Å². The maximum Gasteiger partial charge on any atom is 0.416 e. The molecule has 0 saturated carbocycles. The van der Waals surface area contributed by atoms with Crippen LogP contribution in [0.25, 0.3) is 0 Å². The number of esters is 1. The van der Waals surface area contributed by atoms with Crippen LogP contribution in [0.1, 0.15) is 16.7 Å². The number of rotatable bonds is 6. The van der Waals surface area contributed by atoms with E-state index in [1.165, 1.54) is 19.2 Å². The molecule has 2 aromatic rings. The van der Waals surface area contributed by atoms with Crippen molar-refractivity contribution in [3.63, 3.8) is 0 Å². The first-order valence-electron chi connectivity index (χ1n) is 7.87. The molecule has 0 heterocycles. The summed E-state index contributed by atoms with van der Waals surface area (Å²) in [5, 5.41) is 2.53. The summed E-state index contributed by atoms with van der Waals surface area (Å²) in [5.41, 5.74) is 0.208. The van der Waals surface area contributed by atoms with Gasteiger partial charge in [-0.3, -0.25) is 4.79 Å². The molecular formula is C19H18F3NO3. The lowest BCUT2D eigenvalue weighted by Gasteiger charge is -2.17. The second kappa shape index (κ2) is 8.51. The molecule has 0 bridgehead atoms. The highest BCUT2D eigenvalue weighted by molar-refractivity contribution is 5.85. The Morgan fingerprint density at radius 1 is 1.04 bits per heavy atom. The molecule has 138 valence electrons. The number of hydrogen-bond acceptors (Lipinski definition) is 3. The Morgan fingerprint density at radius 2 is 1.69 bits per heavy atom. The zero-order valence-corrected chi connectivity index (χ0v) is 14.0. The lowest BCUT2D eigenvalue weighted by Crippen LogP contribution is -2.43. The summed E-state index contributed by atoms with van der Waals surface area (Å²) in [6.45, 7) is 0. The van der Waals surface area contributed by atoms with Crippen LogP contribution in [-0.4, -0.2) is 25.0 Å². The molecule has 0 aliphatic carbocycles. The quantitative estimate of drug-likeness (QED) is 0.800. The van der Waals surface area contributed by atoms with Crippen LogP contribution in [0.4, 0.5) is 13.2 Å². The van der Waals surface area contributed by atoms with Gasteiger partial charge in [0, 0.05) is 6.42 Å². The molecule has 0 aliphatic rings. The highest BCUT2D eigenvalue weighted by atomic mass is 19.4. The molecule has 1 amide bonds. The van der Waals surface area contributed by atoms with Crippen molar-refractivity contribution in [3.8, 4) is 0 Å². The van der Waals surface area contributed by atoms with E-state index in [0.717, 1.165) is 17.7 Å². The minimum atomic E-state index is -4.48. The Morgan fingerprint density at radius 3 is 2.31 bits per heavy atom. The first-order valence-corrected chi connectivity index (χ1v) is 7.87. The molecule has 1 N–H and O–H groups in total. The number of carbonyl (C=O) groups excluding carboxylic acids is 2. The van der Waals surface area contributed by atoms with Crippen LogP contribution in [0.5, 0.6) is 0 Å². The van der Waals surface area contributed by atoms with Crippen LogP contribution in [0.15, 0.2) is 54.6 Å². The van der Waals surface area contributed by atoms with Gasteiger partial charge in [0.15, 0.2) is 0 Å². The van der Waals surface area contributed by atoms with Gasteiger partial charge in [-0.25, -0.2) is 4.79 Å². The molecule has 0 saturated heterocycles. The summed E-state index contributed by atoms with van der Waals surface area (Å²) in [5.74, 6) is -1.18. The lowest BCUT2D eigenvalue weighted by atomic mass is 10.0. The first kappa shape index (κ1) is 19.5. The zero-order chi connectivity index (χ0) is 19.2. The number of ether oxygens (including phenoxy) is 1. The van der Waals surface area contributed by atoms with Gasteiger partial charge in [-0.2, -0.15) is 13.2 Å². The third-order valence-electron chi connectivity index (χ3n) is 3.72. The van der Waals surface area contributed by atoms with E-state index in [2.05, 4.69) is 5.32 Å². The van der Waals surface area contributed by atoms with Crippen molar-refractivity contribution in [2.45, 2.75) is 25.1 Å². The number of hydrogen-bond donors (Lipinski definition) is 1. The Labute approximate surface area is 149 Å². The minimum absolute atomic E-state index is 0.209. The first-order chi connectivity index (χ1) is 12.3. The number of nitrogens with one attached hydrogen (secondary N) is 1. The molecule has 0 aliphatic heterocycles. The predicted molar refractivity (Wildman–Crippen MR) is 89.2 cm³/mol. The van der Waals surface area contributed by atoms with Crippen LogP contribution >= 0.6 is 0 Å². The molecule has 0 aromatic heterocycles. The summed E-state index contributed by atoms with van der Waals surface area (Å²) >= 11 is 0. The fourth-order valence-corrected chi connectivity index (χ4v) is 2.47. The van der Waals surface area contributed by atoms with E-state index in [9.17, 15) is 22.8 Å². The summed E-state index contributed by atoms with van der Waals surface area (Å²) in [6, 6.07) is 12.6. The molecule has 2 aromatic carbocycles. The maximum absolute atomic E-state index is 12.7. The Balaban J connectivity index is 2.06. The van der Waals surface area contributed by atoms with Crippen LogP contribution in [0.2, 0.25) is 0 Å². The molecule has 1 atom stereocenters. The molecule has 26 heavy (non-hydrogen) atoms. The number of amides is 1. The van der Waals surface area contributed by atoms with E-state index in [4.69, 9.17) is 4.74 Å². The standard InChI is InChI=1S/C19H18F3NO3/c1-26-18(25)16(11-13-6-3-2-4-7-13)23-17(24)12-14-8-5-9-15(10-14)19(20,21)22/h2-10,16H,11-12H2,1H3,(H,23,24)/t16-/m0/s1. The van der Waals surface area contributed by atoms with Gasteiger partial charge in [0.2, 0.25) is 5.91 Å². The Hall–Kier alpha value is -2.83. The van der Waals surface area contributed by atoms with Crippen molar-refractivity contribution in [2.75, 3.05) is 7.11 Å². The Bertz CT molecular complexity index is 760. The van der Waals surface area contributed by atoms with E-state index in [0.29, 0.717) is 0 Å². The summed E-state index contributed by atoms with van der Waals surface area (Å²) < 4.78 is 42.9. The second-order valence-electron chi connectivity index (χ2n) is 5.71. The van der Waals surface area contributed by atoms with Crippen molar-refractivity contribution in [1.82, 2.24) is 5.32 Å². The van der Waals surface area contributed by atoms with Crippen molar-refractivity contribution in [2.24, 2.45) is 0 Å². The van der Waals surface area contributed by atoms with Crippen molar-refractivity contribution in [3.05, 3.63) is 71.3 Å². The molecule has 2 rings (SSSR count). The third-order valence-corrected chi connectivity index (χ3v) is 3.72. The van der Waals surface area contributed by atoms with Crippen molar-refractivity contribution >= 4 is 11.9 Å². The third kappa shape index (κ3) is 5.61. The largest absolute Gasteiger partial charge is 0.467 e. The molecule has 4 nitrogen and oxygen atoms in total. The fraction of sp³-hybridized carbons (Fsp3) is 0.263. The van der Waals surface area contributed by atoms with Gasteiger partial charge in [-0.15, -0.1) is 0 Å².